The van der Waals surface area contributed by atoms with Crippen LogP contribution in [0.1, 0.15) is 12.8 Å². The van der Waals surface area contributed by atoms with Gasteiger partial charge in [-0.15, -0.1) is 0 Å². The Morgan fingerprint density at radius 2 is 2.21 bits per heavy atom. The van der Waals surface area contributed by atoms with E-state index in [0.717, 1.165) is 0 Å². The van der Waals surface area contributed by atoms with Crippen LogP contribution in [-0.2, 0) is 9.59 Å². The molecule has 0 atom stereocenters. The number of nitrogens with one attached hydrogen (secondary N) is 2. The van der Waals surface area contributed by atoms with E-state index < -0.39 is 6.03 Å². The quantitative estimate of drug-likeness (QED) is 0.792. The van der Waals surface area contributed by atoms with Gasteiger partial charge in [0.25, 0.3) is 0 Å². The van der Waals surface area contributed by atoms with Gasteiger partial charge in [0.15, 0.2) is 5.82 Å². The number of aromatic nitrogens is 4. The molecule has 1 saturated heterocycles. The van der Waals surface area contributed by atoms with Crippen LogP contribution in [-0.4, -0.2) is 55.6 Å². The molecule has 2 aromatic heterocycles. The van der Waals surface area contributed by atoms with Gasteiger partial charge in [0.1, 0.15) is 12.1 Å². The van der Waals surface area contributed by atoms with Crippen LogP contribution in [0.3, 0.4) is 0 Å². The molecule has 10 heteroatoms. The third kappa shape index (κ3) is 3.72. The van der Waals surface area contributed by atoms with Crippen molar-refractivity contribution in [3.63, 3.8) is 0 Å². The molecule has 0 spiro atoms. The van der Waals surface area contributed by atoms with Crippen LogP contribution in [0.25, 0.3) is 5.82 Å². The van der Waals surface area contributed by atoms with Crippen molar-refractivity contribution in [3.05, 3.63) is 30.9 Å². The topological polar surface area (TPSA) is 122 Å². The molecule has 24 heavy (non-hydrogen) atoms. The summed E-state index contributed by atoms with van der Waals surface area (Å²) in [7, 11) is 0. The van der Waals surface area contributed by atoms with Crippen molar-refractivity contribution in [1.82, 2.24) is 30.0 Å². The van der Waals surface area contributed by atoms with Crippen LogP contribution in [0.2, 0.25) is 0 Å². The molecule has 0 unspecified atom stereocenters. The van der Waals surface area contributed by atoms with Crippen molar-refractivity contribution in [2.24, 2.45) is 0 Å². The molecule has 2 N–H and O–H groups in total. The number of imide groups is 1. The summed E-state index contributed by atoms with van der Waals surface area (Å²) in [6.45, 7) is 0.539. The van der Waals surface area contributed by atoms with E-state index >= 15 is 0 Å². The summed E-state index contributed by atoms with van der Waals surface area (Å²) in [6.07, 6.45) is 5.02. The highest BCUT2D eigenvalue weighted by molar-refractivity contribution is 5.97. The van der Waals surface area contributed by atoms with Gasteiger partial charge in [-0.25, -0.2) is 19.4 Å². The van der Waals surface area contributed by atoms with Gasteiger partial charge in [-0.3, -0.25) is 14.9 Å². The third-order valence-corrected chi connectivity index (χ3v) is 3.41. The number of carbonyl (C=O) groups is 3. The zero-order valence-corrected chi connectivity index (χ0v) is 12.7. The molecule has 0 aromatic carbocycles. The lowest BCUT2D eigenvalue weighted by Gasteiger charge is -2.26. The molecule has 0 radical (unpaired) electrons. The predicted molar refractivity (Wildman–Crippen MR) is 82.1 cm³/mol. The average molecular weight is 329 g/mol. The van der Waals surface area contributed by atoms with Gasteiger partial charge < -0.3 is 10.2 Å². The summed E-state index contributed by atoms with van der Waals surface area (Å²) >= 11 is 0. The number of amides is 4. The molecule has 0 saturated carbocycles. The Bertz CT molecular complexity index is 759. The molecule has 1 fully saturated rings. The second-order valence-corrected chi connectivity index (χ2v) is 5.10. The van der Waals surface area contributed by atoms with Crippen molar-refractivity contribution in [1.29, 1.82) is 0 Å². The summed E-state index contributed by atoms with van der Waals surface area (Å²) in [5.41, 5.74) is 0. The molecule has 3 heterocycles. The smallest absolute Gasteiger partial charge is 0.323 e. The predicted octanol–water partition coefficient (Wildman–Crippen LogP) is -0.0672. The number of rotatable bonds is 5. The standard InChI is InChI=1S/C14H15N7O3/c22-12(2-6-20-7-3-13(23)19-14(20)24)18-10-8-11(16-9-15-10)21-5-1-4-17-21/h1,4-5,8-9H,2-3,6-7H2,(H,19,23,24)(H,15,16,18,22). The van der Waals surface area contributed by atoms with Crippen molar-refractivity contribution in [2.45, 2.75) is 12.8 Å². The second kappa shape index (κ2) is 6.86. The van der Waals surface area contributed by atoms with Gasteiger partial charge in [0.2, 0.25) is 11.8 Å². The van der Waals surface area contributed by atoms with Gasteiger partial charge in [-0.05, 0) is 6.07 Å². The summed E-state index contributed by atoms with van der Waals surface area (Å²) in [6, 6.07) is 2.88. The van der Waals surface area contributed by atoms with E-state index in [9.17, 15) is 14.4 Å². The van der Waals surface area contributed by atoms with E-state index in [2.05, 4.69) is 25.7 Å². The molecule has 124 valence electrons. The van der Waals surface area contributed by atoms with E-state index in [-0.39, 0.29) is 31.2 Å². The highest BCUT2D eigenvalue weighted by atomic mass is 16.2. The first-order valence-electron chi connectivity index (χ1n) is 7.32. The van der Waals surface area contributed by atoms with Gasteiger partial charge >= 0.3 is 6.03 Å². The molecule has 10 nitrogen and oxygen atoms in total. The first-order chi connectivity index (χ1) is 11.6. The highest BCUT2D eigenvalue weighted by Crippen LogP contribution is 2.09. The number of urea groups is 1. The minimum atomic E-state index is -0.470. The monoisotopic (exact) mass is 329 g/mol. The van der Waals surface area contributed by atoms with E-state index in [1.54, 1.807) is 29.2 Å². The number of nitrogens with zero attached hydrogens (tertiary/aromatic N) is 5. The van der Waals surface area contributed by atoms with Crippen molar-refractivity contribution < 1.29 is 14.4 Å². The van der Waals surface area contributed by atoms with E-state index in [4.69, 9.17) is 0 Å². The molecule has 0 bridgehead atoms. The zero-order valence-electron chi connectivity index (χ0n) is 12.7. The Balaban J connectivity index is 1.54. The minimum absolute atomic E-state index is 0.0999. The number of hydrogen-bond acceptors (Lipinski definition) is 6. The average Bonchev–Trinajstić information content (AvgIpc) is 3.09. The Kier molecular flexibility index (Phi) is 4.45. The molecule has 0 aliphatic carbocycles. The first-order valence-corrected chi connectivity index (χ1v) is 7.32. The van der Waals surface area contributed by atoms with Crippen molar-refractivity contribution in [3.8, 4) is 5.82 Å². The third-order valence-electron chi connectivity index (χ3n) is 3.41. The molecular weight excluding hydrogens is 314 g/mol. The molecule has 2 aromatic rings. The van der Waals surface area contributed by atoms with Crippen molar-refractivity contribution >= 4 is 23.7 Å². The normalized spacial score (nSPS) is 14.4. The Labute approximate surface area is 136 Å². The first kappa shape index (κ1) is 15.6. The van der Waals surface area contributed by atoms with Gasteiger partial charge in [0, 0.05) is 44.4 Å². The molecular formula is C14H15N7O3. The van der Waals surface area contributed by atoms with Gasteiger partial charge in [-0.1, -0.05) is 0 Å². The van der Waals surface area contributed by atoms with Crippen LogP contribution in [0.5, 0.6) is 0 Å². The maximum atomic E-state index is 12.0. The molecule has 1 aliphatic heterocycles. The maximum Gasteiger partial charge on any atom is 0.324 e. The molecule has 4 amide bonds. The summed E-state index contributed by atoms with van der Waals surface area (Å²) in [5, 5.41) is 8.92. The fraction of sp³-hybridized carbons (Fsp3) is 0.286. The van der Waals surface area contributed by atoms with Crippen LogP contribution < -0.4 is 10.6 Å². The summed E-state index contributed by atoms with van der Waals surface area (Å²) in [5.74, 6) is 0.288. The fourth-order valence-corrected chi connectivity index (χ4v) is 2.20. The summed E-state index contributed by atoms with van der Waals surface area (Å²) in [4.78, 5) is 44.1. The minimum Gasteiger partial charge on any atom is -0.323 e. The summed E-state index contributed by atoms with van der Waals surface area (Å²) < 4.78 is 1.55. The zero-order chi connectivity index (χ0) is 16.9. The molecule has 1 aliphatic rings. The largest absolute Gasteiger partial charge is 0.324 e. The lowest BCUT2D eigenvalue weighted by molar-refractivity contribution is -0.121. The fourth-order valence-electron chi connectivity index (χ4n) is 2.20. The number of hydrogen-bond donors (Lipinski definition) is 2. The number of anilines is 1. The molecule has 3 rings (SSSR count). The lowest BCUT2D eigenvalue weighted by atomic mass is 10.3. The van der Waals surface area contributed by atoms with Gasteiger partial charge in [-0.2, -0.15) is 5.10 Å². The van der Waals surface area contributed by atoms with Crippen LogP contribution >= 0.6 is 0 Å². The van der Waals surface area contributed by atoms with Crippen molar-refractivity contribution in [2.75, 3.05) is 18.4 Å². The van der Waals surface area contributed by atoms with Crippen LogP contribution in [0.15, 0.2) is 30.9 Å². The van der Waals surface area contributed by atoms with Crippen LogP contribution in [0.4, 0.5) is 10.6 Å². The van der Waals surface area contributed by atoms with Crippen LogP contribution in [0, 0.1) is 0 Å². The van der Waals surface area contributed by atoms with Gasteiger partial charge in [0.05, 0.1) is 0 Å². The number of carbonyl (C=O) groups excluding carboxylic acids is 3. The maximum absolute atomic E-state index is 12.0. The SMILES string of the molecule is O=C1CCN(CCC(=O)Nc2cc(-n3cccn3)ncn2)C(=O)N1. The van der Waals surface area contributed by atoms with E-state index in [0.29, 0.717) is 18.2 Å². The Hall–Kier alpha value is -3.30. The van der Waals surface area contributed by atoms with E-state index in [1.165, 1.54) is 11.2 Å². The Morgan fingerprint density at radius 1 is 1.33 bits per heavy atom. The second-order valence-electron chi connectivity index (χ2n) is 5.10. The Morgan fingerprint density at radius 3 is 2.96 bits per heavy atom. The highest BCUT2D eigenvalue weighted by Gasteiger charge is 2.23. The van der Waals surface area contributed by atoms with E-state index in [1.807, 2.05) is 0 Å². The lowest BCUT2D eigenvalue weighted by Crippen LogP contribution is -2.50.